The van der Waals surface area contributed by atoms with Crippen LogP contribution in [0.3, 0.4) is 0 Å². The lowest BCUT2D eigenvalue weighted by atomic mass is 10.0. The molecule has 0 saturated carbocycles. The summed E-state index contributed by atoms with van der Waals surface area (Å²) in [5.74, 6) is 0.905. The molecule has 0 fully saturated rings. The Morgan fingerprint density at radius 2 is 1.33 bits per heavy atom. The second kappa shape index (κ2) is 9.71. The van der Waals surface area contributed by atoms with Gasteiger partial charge in [-0.25, -0.2) is 0 Å². The molecule has 0 spiro atoms. The summed E-state index contributed by atoms with van der Waals surface area (Å²) in [5, 5.41) is 13.7. The van der Waals surface area contributed by atoms with Gasteiger partial charge in [0.1, 0.15) is 11.9 Å². The number of rotatable bonds is 7. The van der Waals surface area contributed by atoms with Crippen molar-refractivity contribution in [2.75, 3.05) is 7.11 Å². The quantitative estimate of drug-likeness (QED) is 0.411. The monoisotopic (exact) mass is 412 g/mol. The van der Waals surface area contributed by atoms with Gasteiger partial charge in [0.25, 0.3) is 0 Å². The van der Waals surface area contributed by atoms with Gasteiger partial charge in [-0.15, -0.1) is 0 Å². The fraction of sp³-hybridized carbons (Fsp3) is 0.111. The van der Waals surface area contributed by atoms with Gasteiger partial charge in [0, 0.05) is 6.16 Å². The smallest absolute Gasteiger partial charge is 0.122 e. The number of hydrogen-bond acceptors (Lipinski definition) is 2. The lowest BCUT2D eigenvalue weighted by Gasteiger charge is -2.25. The van der Waals surface area contributed by atoms with E-state index in [1.807, 2.05) is 60.7 Å². The SMILES string of the molecule is COc1ccccc1CP(c1ccccc1)c1ccccc1[C@H](O)c1ccccc1. The molecule has 0 aromatic heterocycles. The van der Waals surface area contributed by atoms with Crippen LogP contribution in [0.25, 0.3) is 0 Å². The van der Waals surface area contributed by atoms with Crippen LogP contribution in [-0.4, -0.2) is 12.2 Å². The number of aliphatic hydroxyl groups is 1. The van der Waals surface area contributed by atoms with E-state index in [2.05, 4.69) is 48.5 Å². The second-order valence-corrected chi connectivity index (χ2v) is 9.28. The summed E-state index contributed by atoms with van der Waals surface area (Å²) >= 11 is 0. The Morgan fingerprint density at radius 1 is 0.733 bits per heavy atom. The third-order valence-corrected chi connectivity index (χ3v) is 7.79. The van der Waals surface area contributed by atoms with Gasteiger partial charge in [-0.1, -0.05) is 103 Å². The second-order valence-electron chi connectivity index (χ2n) is 7.11. The van der Waals surface area contributed by atoms with Crippen LogP contribution in [0.5, 0.6) is 5.75 Å². The standard InChI is InChI=1S/C27H25O2P/c1-29-25-18-10-8-14-22(25)20-30(23-15-6-3-7-16-23)26-19-11-9-17-24(26)27(28)21-12-4-2-5-13-21/h2-19,27-28H,20H2,1H3/t27-,30?/m1/s1. The van der Waals surface area contributed by atoms with E-state index in [-0.39, 0.29) is 0 Å². The topological polar surface area (TPSA) is 29.5 Å². The van der Waals surface area contributed by atoms with Crippen molar-refractivity contribution in [2.24, 2.45) is 0 Å². The molecule has 0 radical (unpaired) electrons. The zero-order valence-corrected chi connectivity index (χ0v) is 17.9. The molecule has 0 aliphatic rings. The number of ether oxygens (including phenoxy) is 1. The first kappa shape index (κ1) is 20.3. The molecule has 4 aromatic carbocycles. The first-order valence-corrected chi connectivity index (χ1v) is 11.6. The molecule has 1 unspecified atom stereocenters. The molecular formula is C27H25O2P. The van der Waals surface area contributed by atoms with Crippen molar-refractivity contribution in [3.63, 3.8) is 0 Å². The maximum atomic E-state index is 11.2. The average molecular weight is 412 g/mol. The van der Waals surface area contributed by atoms with Gasteiger partial charge in [-0.05, 0) is 41.3 Å². The molecule has 4 rings (SSSR count). The van der Waals surface area contributed by atoms with E-state index in [0.717, 1.165) is 23.0 Å². The Hall–Kier alpha value is -2.93. The first-order chi connectivity index (χ1) is 14.8. The maximum absolute atomic E-state index is 11.2. The highest BCUT2D eigenvalue weighted by molar-refractivity contribution is 7.72. The molecule has 0 heterocycles. The number of para-hydroxylation sites is 1. The lowest BCUT2D eigenvalue weighted by molar-refractivity contribution is 0.221. The summed E-state index contributed by atoms with van der Waals surface area (Å²) < 4.78 is 5.63. The van der Waals surface area contributed by atoms with Gasteiger partial charge in [-0.3, -0.25) is 0 Å². The molecule has 150 valence electrons. The van der Waals surface area contributed by atoms with E-state index >= 15 is 0 Å². The van der Waals surface area contributed by atoms with Crippen molar-refractivity contribution in [2.45, 2.75) is 12.3 Å². The zero-order valence-electron chi connectivity index (χ0n) is 17.0. The van der Waals surface area contributed by atoms with Crippen LogP contribution in [-0.2, 0) is 6.16 Å². The van der Waals surface area contributed by atoms with Crippen molar-refractivity contribution >= 4 is 18.5 Å². The van der Waals surface area contributed by atoms with Crippen molar-refractivity contribution in [1.29, 1.82) is 0 Å². The summed E-state index contributed by atoms with van der Waals surface area (Å²) in [5.41, 5.74) is 3.05. The number of benzene rings is 4. The van der Waals surface area contributed by atoms with Crippen LogP contribution in [0.15, 0.2) is 109 Å². The van der Waals surface area contributed by atoms with Crippen LogP contribution in [0, 0.1) is 0 Å². The molecule has 0 bridgehead atoms. The molecule has 3 heteroatoms. The largest absolute Gasteiger partial charge is 0.496 e. The van der Waals surface area contributed by atoms with Crippen LogP contribution in [0.1, 0.15) is 22.8 Å². The first-order valence-electron chi connectivity index (χ1n) is 10.0. The molecule has 0 amide bonds. The summed E-state index contributed by atoms with van der Waals surface area (Å²) in [6.07, 6.45) is 0.191. The van der Waals surface area contributed by atoms with Gasteiger partial charge < -0.3 is 9.84 Å². The molecule has 0 aliphatic carbocycles. The fourth-order valence-corrected chi connectivity index (χ4v) is 6.25. The number of aliphatic hydroxyl groups excluding tert-OH is 1. The van der Waals surface area contributed by atoms with E-state index in [1.165, 1.54) is 16.2 Å². The molecule has 2 nitrogen and oxygen atoms in total. The molecule has 4 aromatic rings. The van der Waals surface area contributed by atoms with E-state index < -0.39 is 14.0 Å². The van der Waals surface area contributed by atoms with Gasteiger partial charge in [0.05, 0.1) is 7.11 Å². The van der Waals surface area contributed by atoms with Gasteiger partial charge in [0.2, 0.25) is 0 Å². The molecule has 0 aliphatic heterocycles. The van der Waals surface area contributed by atoms with Gasteiger partial charge in [-0.2, -0.15) is 0 Å². The lowest BCUT2D eigenvalue weighted by Crippen LogP contribution is -2.20. The average Bonchev–Trinajstić information content (AvgIpc) is 2.83. The molecular weight excluding hydrogens is 387 g/mol. The Bertz CT molecular complexity index is 1080. The third kappa shape index (κ3) is 4.46. The third-order valence-electron chi connectivity index (χ3n) is 5.23. The summed E-state index contributed by atoms with van der Waals surface area (Å²) in [4.78, 5) is 0. The maximum Gasteiger partial charge on any atom is 0.122 e. The fourth-order valence-electron chi connectivity index (χ4n) is 3.71. The minimum atomic E-state index is -0.733. The summed E-state index contributed by atoms with van der Waals surface area (Å²) in [6, 6.07) is 36.9. The molecule has 2 atom stereocenters. The van der Waals surface area contributed by atoms with Crippen molar-refractivity contribution in [1.82, 2.24) is 0 Å². The van der Waals surface area contributed by atoms with Crippen LogP contribution in [0.2, 0.25) is 0 Å². The predicted molar refractivity (Wildman–Crippen MR) is 126 cm³/mol. The number of hydrogen-bond donors (Lipinski definition) is 1. The van der Waals surface area contributed by atoms with Crippen LogP contribution in [0.4, 0.5) is 0 Å². The van der Waals surface area contributed by atoms with Crippen molar-refractivity contribution in [3.05, 3.63) is 126 Å². The highest BCUT2D eigenvalue weighted by Gasteiger charge is 2.23. The minimum Gasteiger partial charge on any atom is -0.496 e. The highest BCUT2D eigenvalue weighted by atomic mass is 31.1. The molecule has 30 heavy (non-hydrogen) atoms. The van der Waals surface area contributed by atoms with E-state index in [0.29, 0.717) is 0 Å². The number of methoxy groups -OCH3 is 1. The van der Waals surface area contributed by atoms with Crippen LogP contribution >= 0.6 is 7.92 Å². The Labute approximate surface area is 179 Å². The Kier molecular flexibility index (Phi) is 6.59. The van der Waals surface area contributed by atoms with E-state index in [9.17, 15) is 5.11 Å². The Morgan fingerprint density at radius 3 is 2.07 bits per heavy atom. The normalized spacial score (nSPS) is 12.9. The molecule has 0 saturated heterocycles. The molecule has 1 N–H and O–H groups in total. The van der Waals surface area contributed by atoms with Gasteiger partial charge in [0.15, 0.2) is 0 Å². The van der Waals surface area contributed by atoms with Gasteiger partial charge >= 0.3 is 0 Å². The van der Waals surface area contributed by atoms with Crippen molar-refractivity contribution in [3.8, 4) is 5.75 Å². The Balaban J connectivity index is 1.81. The zero-order chi connectivity index (χ0) is 20.8. The van der Waals surface area contributed by atoms with E-state index in [4.69, 9.17) is 4.74 Å². The van der Waals surface area contributed by atoms with E-state index in [1.54, 1.807) is 7.11 Å². The predicted octanol–water partition coefficient (Wildman–Crippen LogP) is 5.41. The van der Waals surface area contributed by atoms with Crippen molar-refractivity contribution < 1.29 is 9.84 Å². The summed E-state index contributed by atoms with van der Waals surface area (Å²) in [7, 11) is 0.986. The van der Waals surface area contributed by atoms with Crippen LogP contribution < -0.4 is 15.3 Å². The minimum absolute atomic E-state index is 0.659. The summed E-state index contributed by atoms with van der Waals surface area (Å²) in [6.45, 7) is 0. The highest BCUT2D eigenvalue weighted by Crippen LogP contribution is 2.42.